The number of allylic oxidation sites excluding steroid dienone is 2. The second kappa shape index (κ2) is 4.55. The topological polar surface area (TPSA) is 23.6 Å². The van der Waals surface area contributed by atoms with Crippen LogP contribution in [0.3, 0.4) is 0 Å². The van der Waals surface area contributed by atoms with Crippen LogP contribution in [-0.2, 0) is 0 Å². The van der Waals surface area contributed by atoms with Crippen molar-refractivity contribution in [1.29, 1.82) is 0 Å². The number of hydrogen-bond acceptors (Lipinski definition) is 1. The van der Waals surface area contributed by atoms with Crippen molar-refractivity contribution in [2.24, 2.45) is 11.8 Å². The maximum absolute atomic E-state index is 12.0. The normalized spacial score (nSPS) is 29.2. The molecule has 0 radical (unpaired) electrons. The molecule has 0 spiro atoms. The van der Waals surface area contributed by atoms with Crippen molar-refractivity contribution < 1.29 is 4.79 Å². The lowest BCUT2D eigenvalue weighted by Gasteiger charge is -2.34. The summed E-state index contributed by atoms with van der Waals surface area (Å²) in [7, 11) is 1.87. The van der Waals surface area contributed by atoms with Crippen LogP contribution in [0.4, 0.5) is 4.79 Å². The Balaban J connectivity index is 2.17. The molecule has 17 heavy (non-hydrogen) atoms. The third-order valence-electron chi connectivity index (χ3n) is 3.91. The molecule has 1 aliphatic heterocycles. The summed E-state index contributed by atoms with van der Waals surface area (Å²) >= 11 is 0. The number of carbonyl (C=O) groups excluding carboxylic acids is 1. The van der Waals surface area contributed by atoms with Crippen molar-refractivity contribution in [1.82, 2.24) is 9.80 Å². The lowest BCUT2D eigenvalue weighted by atomic mass is 9.82. The number of nitrogens with zero attached hydrogens (tertiary/aromatic N) is 2. The highest BCUT2D eigenvalue weighted by atomic mass is 16.2. The van der Waals surface area contributed by atoms with Crippen molar-refractivity contribution in [3.8, 4) is 0 Å². The summed E-state index contributed by atoms with van der Waals surface area (Å²) in [4.78, 5) is 15.8. The van der Waals surface area contributed by atoms with Crippen LogP contribution in [0.1, 0.15) is 20.8 Å². The van der Waals surface area contributed by atoms with E-state index in [2.05, 4.69) is 39.0 Å². The van der Waals surface area contributed by atoms with Gasteiger partial charge in [-0.15, -0.1) is 0 Å². The molecule has 2 amide bonds. The zero-order valence-electron chi connectivity index (χ0n) is 11.2. The van der Waals surface area contributed by atoms with Gasteiger partial charge >= 0.3 is 6.03 Å². The van der Waals surface area contributed by atoms with Crippen LogP contribution in [0, 0.1) is 11.8 Å². The van der Waals surface area contributed by atoms with E-state index in [0.717, 1.165) is 13.1 Å². The minimum Gasteiger partial charge on any atom is -0.326 e. The van der Waals surface area contributed by atoms with Crippen molar-refractivity contribution in [3.63, 3.8) is 0 Å². The van der Waals surface area contributed by atoms with Crippen LogP contribution in [-0.4, -0.2) is 42.0 Å². The first-order chi connectivity index (χ1) is 8.02. The third-order valence-corrected chi connectivity index (χ3v) is 3.91. The molecule has 0 aromatic carbocycles. The number of amides is 2. The summed E-state index contributed by atoms with van der Waals surface area (Å²) in [5.74, 6) is 0.975. The number of carbonyl (C=O) groups is 1. The molecular weight excluding hydrogens is 212 g/mol. The summed E-state index contributed by atoms with van der Waals surface area (Å²) in [5.41, 5.74) is 1.44. The Bertz CT molecular complexity index is 370. The van der Waals surface area contributed by atoms with Crippen LogP contribution in [0.5, 0.6) is 0 Å². The SMILES string of the molecule is CC(C)C1=CC=CC(N2CCN(C)C2=O)C1C. The Kier molecular flexibility index (Phi) is 3.27. The van der Waals surface area contributed by atoms with E-state index in [1.54, 1.807) is 4.90 Å². The zero-order valence-corrected chi connectivity index (χ0v) is 11.2. The third kappa shape index (κ3) is 2.11. The van der Waals surface area contributed by atoms with Gasteiger partial charge in [-0.2, -0.15) is 0 Å². The van der Waals surface area contributed by atoms with E-state index in [9.17, 15) is 4.79 Å². The zero-order chi connectivity index (χ0) is 12.6. The molecule has 94 valence electrons. The standard InChI is InChI=1S/C14H22N2O/c1-10(2)12-6-5-7-13(11(12)3)16-9-8-15(4)14(16)17/h5-7,10-11,13H,8-9H2,1-4H3. The van der Waals surface area contributed by atoms with Gasteiger partial charge in [0.05, 0.1) is 6.04 Å². The van der Waals surface area contributed by atoms with Gasteiger partial charge in [0.2, 0.25) is 0 Å². The summed E-state index contributed by atoms with van der Waals surface area (Å²) in [6, 6.07) is 0.395. The van der Waals surface area contributed by atoms with Crippen LogP contribution in [0.25, 0.3) is 0 Å². The van der Waals surface area contributed by atoms with E-state index < -0.39 is 0 Å². The molecule has 3 nitrogen and oxygen atoms in total. The number of hydrogen-bond donors (Lipinski definition) is 0. The predicted molar refractivity (Wildman–Crippen MR) is 69.7 cm³/mol. The molecule has 1 saturated heterocycles. The molecule has 0 saturated carbocycles. The fraction of sp³-hybridized carbons (Fsp3) is 0.643. The van der Waals surface area contributed by atoms with Gasteiger partial charge < -0.3 is 9.80 Å². The highest BCUT2D eigenvalue weighted by Crippen LogP contribution is 2.31. The van der Waals surface area contributed by atoms with E-state index in [1.165, 1.54) is 5.57 Å². The van der Waals surface area contributed by atoms with Crippen molar-refractivity contribution in [2.75, 3.05) is 20.1 Å². The first-order valence-corrected chi connectivity index (χ1v) is 6.42. The lowest BCUT2D eigenvalue weighted by Crippen LogP contribution is -2.42. The predicted octanol–water partition coefficient (Wildman–Crippen LogP) is 2.51. The quantitative estimate of drug-likeness (QED) is 0.720. The van der Waals surface area contributed by atoms with E-state index >= 15 is 0 Å². The first-order valence-electron chi connectivity index (χ1n) is 6.42. The number of likely N-dealkylation sites (N-methyl/N-ethyl adjacent to an activating group) is 1. The average Bonchev–Trinajstić information content (AvgIpc) is 2.60. The number of rotatable bonds is 2. The Hall–Kier alpha value is -1.25. The van der Waals surface area contributed by atoms with Crippen molar-refractivity contribution >= 4 is 6.03 Å². The second-order valence-corrected chi connectivity index (χ2v) is 5.38. The lowest BCUT2D eigenvalue weighted by molar-refractivity contribution is 0.180. The molecule has 1 aliphatic carbocycles. The minimum atomic E-state index is 0.163. The monoisotopic (exact) mass is 234 g/mol. The first kappa shape index (κ1) is 12.2. The van der Waals surface area contributed by atoms with E-state index in [0.29, 0.717) is 11.8 Å². The smallest absolute Gasteiger partial charge is 0.320 e. The van der Waals surface area contributed by atoms with Gasteiger partial charge in [-0.3, -0.25) is 0 Å². The van der Waals surface area contributed by atoms with E-state index in [-0.39, 0.29) is 12.1 Å². The highest BCUT2D eigenvalue weighted by molar-refractivity contribution is 5.77. The fourth-order valence-corrected chi connectivity index (χ4v) is 2.83. The van der Waals surface area contributed by atoms with Crippen molar-refractivity contribution in [2.45, 2.75) is 26.8 Å². The summed E-state index contributed by atoms with van der Waals surface area (Å²) < 4.78 is 0. The molecule has 2 unspecified atom stereocenters. The van der Waals surface area contributed by atoms with Gasteiger partial charge in [0.25, 0.3) is 0 Å². The van der Waals surface area contributed by atoms with E-state index in [1.807, 2.05) is 11.9 Å². The second-order valence-electron chi connectivity index (χ2n) is 5.38. The van der Waals surface area contributed by atoms with Gasteiger partial charge in [0.1, 0.15) is 0 Å². The largest absolute Gasteiger partial charge is 0.326 e. The van der Waals surface area contributed by atoms with Gasteiger partial charge in [-0.25, -0.2) is 4.79 Å². The highest BCUT2D eigenvalue weighted by Gasteiger charge is 2.35. The molecule has 2 atom stereocenters. The van der Waals surface area contributed by atoms with Crippen LogP contribution < -0.4 is 0 Å². The Morgan fingerprint density at radius 2 is 2.06 bits per heavy atom. The summed E-state index contributed by atoms with van der Waals surface area (Å²) in [5, 5.41) is 0. The molecule has 1 fully saturated rings. The van der Waals surface area contributed by atoms with Crippen LogP contribution in [0.15, 0.2) is 23.8 Å². The number of urea groups is 1. The molecule has 3 heteroatoms. The average molecular weight is 234 g/mol. The Labute approximate surface area is 104 Å². The van der Waals surface area contributed by atoms with Crippen LogP contribution >= 0.6 is 0 Å². The fourth-order valence-electron chi connectivity index (χ4n) is 2.83. The molecule has 0 N–H and O–H groups in total. The van der Waals surface area contributed by atoms with Crippen LogP contribution in [0.2, 0.25) is 0 Å². The molecule has 0 aromatic rings. The summed E-state index contributed by atoms with van der Waals surface area (Å²) in [6.45, 7) is 8.36. The molecule has 0 aromatic heterocycles. The minimum absolute atomic E-state index is 0.163. The maximum Gasteiger partial charge on any atom is 0.320 e. The van der Waals surface area contributed by atoms with Gasteiger partial charge in [-0.1, -0.05) is 44.6 Å². The van der Waals surface area contributed by atoms with Crippen molar-refractivity contribution in [3.05, 3.63) is 23.8 Å². The van der Waals surface area contributed by atoms with Gasteiger partial charge in [0.15, 0.2) is 0 Å². The molecule has 2 aliphatic rings. The van der Waals surface area contributed by atoms with Gasteiger partial charge in [0, 0.05) is 26.1 Å². The molecular formula is C14H22N2O. The molecule has 1 heterocycles. The Morgan fingerprint density at radius 1 is 1.35 bits per heavy atom. The summed E-state index contributed by atoms with van der Waals surface area (Å²) in [6.07, 6.45) is 6.47. The van der Waals surface area contributed by atoms with E-state index in [4.69, 9.17) is 0 Å². The molecule has 2 rings (SSSR count). The molecule has 0 bridgehead atoms. The van der Waals surface area contributed by atoms with Gasteiger partial charge in [-0.05, 0) is 5.92 Å². The maximum atomic E-state index is 12.0. The Morgan fingerprint density at radius 3 is 2.59 bits per heavy atom.